The first-order valence-corrected chi connectivity index (χ1v) is 7.89. The number of benzene rings is 1. The van der Waals surface area contributed by atoms with E-state index in [9.17, 15) is 9.59 Å². The van der Waals surface area contributed by atoms with Crippen molar-refractivity contribution in [3.05, 3.63) is 83.6 Å². The fourth-order valence-corrected chi connectivity index (χ4v) is 2.15. The van der Waals surface area contributed by atoms with Gasteiger partial charge in [-0.2, -0.15) is 5.26 Å². The minimum atomic E-state index is -0.622. The quantitative estimate of drug-likeness (QED) is 0.672. The molecule has 134 valence electrons. The third-order valence-electron chi connectivity index (χ3n) is 3.45. The molecule has 0 unspecified atom stereocenters. The lowest BCUT2D eigenvalue weighted by molar-refractivity contribution is 0.0826. The van der Waals surface area contributed by atoms with Gasteiger partial charge in [0.05, 0.1) is 5.56 Å². The van der Waals surface area contributed by atoms with E-state index < -0.39 is 11.8 Å². The Morgan fingerprint density at radius 2 is 1.81 bits per heavy atom. The number of hydrogen-bond acceptors (Lipinski definition) is 6. The number of rotatable bonds is 5. The predicted molar refractivity (Wildman–Crippen MR) is 93.4 cm³/mol. The molecule has 0 fully saturated rings. The number of carbonyl (C=O) groups is 2. The van der Waals surface area contributed by atoms with Gasteiger partial charge in [-0.25, -0.2) is 0 Å². The number of aromatic nitrogens is 1. The lowest BCUT2D eigenvalue weighted by Gasteiger charge is -2.06. The van der Waals surface area contributed by atoms with E-state index in [0.29, 0.717) is 17.1 Å². The highest BCUT2D eigenvalue weighted by molar-refractivity contribution is 5.96. The van der Waals surface area contributed by atoms with E-state index in [2.05, 4.69) is 15.8 Å². The summed E-state index contributed by atoms with van der Waals surface area (Å²) >= 11 is 0. The molecule has 0 atom stereocenters. The van der Waals surface area contributed by atoms with Gasteiger partial charge in [0.1, 0.15) is 29.9 Å². The summed E-state index contributed by atoms with van der Waals surface area (Å²) in [6.45, 7) is 0.0479. The van der Waals surface area contributed by atoms with Crippen LogP contribution in [-0.4, -0.2) is 16.8 Å². The molecule has 0 spiro atoms. The molecule has 3 rings (SSSR count). The number of amides is 2. The van der Waals surface area contributed by atoms with Gasteiger partial charge in [0.2, 0.25) is 0 Å². The van der Waals surface area contributed by atoms with Gasteiger partial charge in [-0.1, -0.05) is 18.2 Å². The van der Waals surface area contributed by atoms with Crippen molar-refractivity contribution in [2.24, 2.45) is 0 Å². The summed E-state index contributed by atoms with van der Waals surface area (Å²) in [5.74, 6) is -0.354. The molecule has 1 aromatic carbocycles. The van der Waals surface area contributed by atoms with Gasteiger partial charge in [-0.3, -0.25) is 25.4 Å². The highest BCUT2D eigenvalue weighted by Gasteiger charge is 2.14. The SMILES string of the molecule is N#Cc1ccccc1OCc1ccc(C(=O)NNC(=O)c2ccccn2)o1. The third kappa shape index (κ3) is 4.49. The third-order valence-corrected chi connectivity index (χ3v) is 3.45. The number of hydrazine groups is 1. The zero-order valence-electron chi connectivity index (χ0n) is 14.0. The largest absolute Gasteiger partial charge is 0.484 e. The van der Waals surface area contributed by atoms with Gasteiger partial charge in [-0.15, -0.1) is 0 Å². The monoisotopic (exact) mass is 362 g/mol. The Labute approximate surface area is 154 Å². The van der Waals surface area contributed by atoms with Crippen LogP contribution in [0.25, 0.3) is 0 Å². The topological polar surface area (TPSA) is 117 Å². The molecule has 2 amide bonds. The minimum Gasteiger partial charge on any atom is -0.484 e. The average molecular weight is 362 g/mol. The molecule has 2 N–H and O–H groups in total. The van der Waals surface area contributed by atoms with Crippen molar-refractivity contribution in [2.45, 2.75) is 6.61 Å². The second-order valence-corrected chi connectivity index (χ2v) is 5.29. The number of para-hydroxylation sites is 1. The van der Waals surface area contributed by atoms with Gasteiger partial charge >= 0.3 is 5.91 Å². The molecule has 2 aromatic heterocycles. The molecule has 0 saturated heterocycles. The summed E-state index contributed by atoms with van der Waals surface area (Å²) in [6, 6.07) is 16.7. The molecule has 0 aliphatic rings. The number of pyridine rings is 1. The van der Waals surface area contributed by atoms with Gasteiger partial charge in [-0.05, 0) is 36.4 Å². The van der Waals surface area contributed by atoms with Gasteiger partial charge in [0.15, 0.2) is 5.76 Å². The van der Waals surface area contributed by atoms with E-state index in [1.54, 1.807) is 42.5 Å². The summed E-state index contributed by atoms with van der Waals surface area (Å²) < 4.78 is 10.9. The minimum absolute atomic E-state index is 0.00323. The van der Waals surface area contributed by atoms with E-state index in [-0.39, 0.29) is 18.1 Å². The van der Waals surface area contributed by atoms with Crippen LogP contribution in [0.15, 0.2) is 65.2 Å². The first-order valence-electron chi connectivity index (χ1n) is 7.89. The van der Waals surface area contributed by atoms with E-state index >= 15 is 0 Å². The zero-order valence-corrected chi connectivity index (χ0v) is 14.0. The van der Waals surface area contributed by atoms with E-state index in [1.165, 1.54) is 18.3 Å². The Morgan fingerprint density at radius 3 is 2.59 bits per heavy atom. The highest BCUT2D eigenvalue weighted by atomic mass is 16.5. The van der Waals surface area contributed by atoms with Crippen LogP contribution in [0.1, 0.15) is 32.4 Å². The van der Waals surface area contributed by atoms with E-state index in [0.717, 1.165) is 0 Å². The summed E-state index contributed by atoms with van der Waals surface area (Å²) in [5, 5.41) is 9.03. The first kappa shape index (κ1) is 17.7. The highest BCUT2D eigenvalue weighted by Crippen LogP contribution is 2.19. The Kier molecular flexibility index (Phi) is 5.45. The van der Waals surface area contributed by atoms with Crippen LogP contribution < -0.4 is 15.6 Å². The van der Waals surface area contributed by atoms with Crippen LogP contribution in [0, 0.1) is 11.3 Å². The molecule has 2 heterocycles. The fraction of sp³-hybridized carbons (Fsp3) is 0.0526. The Bertz CT molecular complexity index is 992. The molecule has 0 aliphatic carbocycles. The Balaban J connectivity index is 1.55. The molecule has 0 radical (unpaired) electrons. The maximum atomic E-state index is 12.0. The van der Waals surface area contributed by atoms with Gasteiger partial charge in [0, 0.05) is 6.20 Å². The van der Waals surface area contributed by atoms with E-state index in [4.69, 9.17) is 14.4 Å². The average Bonchev–Trinajstić information content (AvgIpc) is 3.20. The van der Waals surface area contributed by atoms with Crippen molar-refractivity contribution >= 4 is 11.8 Å². The lowest BCUT2D eigenvalue weighted by Crippen LogP contribution is -2.41. The maximum Gasteiger partial charge on any atom is 0.305 e. The summed E-state index contributed by atoms with van der Waals surface area (Å²) in [5.41, 5.74) is 5.07. The smallest absolute Gasteiger partial charge is 0.305 e. The molecule has 27 heavy (non-hydrogen) atoms. The molecular formula is C19H14N4O4. The van der Waals surface area contributed by atoms with E-state index in [1.807, 2.05) is 6.07 Å². The Hall–Kier alpha value is -4.12. The number of hydrogen-bond donors (Lipinski definition) is 2. The standard InChI is InChI=1S/C19H14N4O4/c20-11-13-5-1-2-7-16(13)26-12-14-8-9-17(27-14)19(25)23-22-18(24)15-6-3-4-10-21-15/h1-10H,12H2,(H,22,24)(H,23,25). The van der Waals surface area contributed by atoms with Gasteiger partial charge in [0.25, 0.3) is 5.91 Å². The number of nitrogens with zero attached hydrogens (tertiary/aromatic N) is 2. The van der Waals surface area contributed by atoms with Crippen LogP contribution >= 0.6 is 0 Å². The first-order chi connectivity index (χ1) is 13.2. The van der Waals surface area contributed by atoms with Crippen molar-refractivity contribution in [3.8, 4) is 11.8 Å². The van der Waals surface area contributed by atoms with Crippen molar-refractivity contribution in [1.82, 2.24) is 15.8 Å². The fourth-order valence-electron chi connectivity index (χ4n) is 2.15. The number of nitrogens with one attached hydrogen (secondary N) is 2. The van der Waals surface area contributed by atoms with Crippen molar-refractivity contribution in [2.75, 3.05) is 0 Å². The molecular weight excluding hydrogens is 348 g/mol. The maximum absolute atomic E-state index is 12.0. The van der Waals surface area contributed by atoms with Crippen LogP contribution in [0.5, 0.6) is 5.75 Å². The second kappa shape index (κ2) is 8.31. The molecule has 8 nitrogen and oxygen atoms in total. The Morgan fingerprint density at radius 1 is 1.04 bits per heavy atom. The van der Waals surface area contributed by atoms with Crippen molar-refractivity contribution in [1.29, 1.82) is 5.26 Å². The number of nitriles is 1. The molecule has 0 saturated carbocycles. The number of ether oxygens (including phenoxy) is 1. The second-order valence-electron chi connectivity index (χ2n) is 5.29. The van der Waals surface area contributed by atoms with Crippen LogP contribution in [0.4, 0.5) is 0 Å². The van der Waals surface area contributed by atoms with Crippen molar-refractivity contribution in [3.63, 3.8) is 0 Å². The summed E-state index contributed by atoms with van der Waals surface area (Å²) in [6.07, 6.45) is 1.47. The normalized spacial score (nSPS) is 9.89. The van der Waals surface area contributed by atoms with Gasteiger partial charge < -0.3 is 9.15 Å². The molecule has 3 aromatic rings. The molecule has 8 heteroatoms. The van der Waals surface area contributed by atoms with Crippen LogP contribution in [-0.2, 0) is 6.61 Å². The van der Waals surface area contributed by atoms with Crippen LogP contribution in [0.2, 0.25) is 0 Å². The van der Waals surface area contributed by atoms with Crippen LogP contribution in [0.3, 0.4) is 0 Å². The summed E-state index contributed by atoms with van der Waals surface area (Å²) in [7, 11) is 0. The number of furan rings is 1. The lowest BCUT2D eigenvalue weighted by atomic mass is 10.2. The molecule has 0 aliphatic heterocycles. The zero-order chi connectivity index (χ0) is 19.1. The molecule has 0 bridgehead atoms. The number of carbonyl (C=O) groups excluding carboxylic acids is 2. The summed E-state index contributed by atoms with van der Waals surface area (Å²) in [4.78, 5) is 27.8. The van der Waals surface area contributed by atoms with Crippen molar-refractivity contribution < 1.29 is 18.7 Å². The predicted octanol–water partition coefficient (Wildman–Crippen LogP) is 2.20.